The number of nitrogens with zero attached hydrogens (tertiary/aromatic N) is 2. The van der Waals surface area contributed by atoms with Crippen molar-refractivity contribution in [2.24, 2.45) is 11.8 Å². The monoisotopic (exact) mass is 701 g/mol. The molecular formula is C35H48BrN3O7. The molecular weight excluding hydrogens is 654 g/mol. The van der Waals surface area contributed by atoms with Gasteiger partial charge in [-0.25, -0.2) is 0 Å². The molecule has 11 heteroatoms. The summed E-state index contributed by atoms with van der Waals surface area (Å²) in [5, 5.41) is 13.4. The quantitative estimate of drug-likeness (QED) is 0.143. The average molecular weight is 703 g/mol. The van der Waals surface area contributed by atoms with Crippen molar-refractivity contribution in [3.05, 3.63) is 61.2 Å². The summed E-state index contributed by atoms with van der Waals surface area (Å²) in [4.78, 5) is 58.7. The summed E-state index contributed by atoms with van der Waals surface area (Å²) in [5.74, 6) is -3.30. The third-order valence-electron chi connectivity index (χ3n) is 9.67. The van der Waals surface area contributed by atoms with Crippen LogP contribution in [0.3, 0.4) is 0 Å². The van der Waals surface area contributed by atoms with Gasteiger partial charge in [0.2, 0.25) is 17.7 Å². The van der Waals surface area contributed by atoms with E-state index in [0.29, 0.717) is 25.8 Å². The van der Waals surface area contributed by atoms with Crippen LogP contribution in [-0.4, -0.2) is 93.0 Å². The van der Waals surface area contributed by atoms with E-state index in [-0.39, 0.29) is 42.3 Å². The van der Waals surface area contributed by atoms with Gasteiger partial charge in [0, 0.05) is 23.8 Å². The third kappa shape index (κ3) is 6.82. The van der Waals surface area contributed by atoms with Crippen LogP contribution >= 0.6 is 15.9 Å². The van der Waals surface area contributed by atoms with Crippen LogP contribution in [0.1, 0.15) is 70.9 Å². The highest BCUT2D eigenvalue weighted by Crippen LogP contribution is 2.60. The molecule has 252 valence electrons. The lowest BCUT2D eigenvalue weighted by Crippen LogP contribution is -2.60. The Hall–Kier alpha value is -3.02. The first kappa shape index (κ1) is 35.8. The summed E-state index contributed by atoms with van der Waals surface area (Å²) < 4.78 is 12.2. The predicted molar refractivity (Wildman–Crippen MR) is 178 cm³/mol. The Labute approximate surface area is 280 Å². The molecule has 1 spiro atoms. The zero-order valence-electron chi connectivity index (χ0n) is 27.1. The highest BCUT2D eigenvalue weighted by molar-refractivity contribution is 9.09. The summed E-state index contributed by atoms with van der Waals surface area (Å²) in [6.45, 7) is 13.3. The maximum Gasteiger partial charge on any atom is 0.306 e. The summed E-state index contributed by atoms with van der Waals surface area (Å²) in [6.07, 6.45) is 5.73. The van der Waals surface area contributed by atoms with Crippen LogP contribution in [0.4, 0.5) is 0 Å². The number of hydrogen-bond acceptors (Lipinski definition) is 7. The molecule has 3 aliphatic rings. The SMILES string of the molecule is C=CCCC(=O)OC[C@@H](NC(=O)[C@@H]1[C@H]2O[C@@]3(CC2Br)[C@H](C(=O)N(CC=C)C(C)CCC)N([C@@H](CC)CO)C(=O)[C@@H]13)c1ccccc1. The second-order valence-corrected chi connectivity index (χ2v) is 13.7. The smallest absolute Gasteiger partial charge is 0.306 e. The number of aliphatic hydroxyl groups is 1. The molecule has 3 aliphatic heterocycles. The fourth-order valence-corrected chi connectivity index (χ4v) is 8.40. The molecule has 0 saturated carbocycles. The van der Waals surface area contributed by atoms with E-state index in [2.05, 4.69) is 41.3 Å². The Morgan fingerprint density at radius 2 is 1.96 bits per heavy atom. The van der Waals surface area contributed by atoms with Crippen LogP contribution in [0.25, 0.3) is 0 Å². The number of alkyl halides is 1. The van der Waals surface area contributed by atoms with E-state index < -0.39 is 53.5 Å². The molecule has 0 radical (unpaired) electrons. The fourth-order valence-electron chi connectivity index (χ4n) is 7.45. The van der Waals surface area contributed by atoms with Crippen LogP contribution in [0.2, 0.25) is 0 Å². The van der Waals surface area contributed by atoms with Gasteiger partial charge in [0.15, 0.2) is 0 Å². The van der Waals surface area contributed by atoms with Crippen LogP contribution in [0.15, 0.2) is 55.6 Å². The molecule has 2 bridgehead atoms. The maximum absolute atomic E-state index is 14.6. The lowest BCUT2D eigenvalue weighted by molar-refractivity contribution is -0.152. The number of rotatable bonds is 17. The van der Waals surface area contributed by atoms with Crippen molar-refractivity contribution in [2.75, 3.05) is 19.8 Å². The molecule has 2 N–H and O–H groups in total. The number of halogens is 1. The molecule has 10 nitrogen and oxygen atoms in total. The molecule has 0 aliphatic carbocycles. The molecule has 46 heavy (non-hydrogen) atoms. The van der Waals surface area contributed by atoms with Gasteiger partial charge in [-0.2, -0.15) is 0 Å². The lowest BCUT2D eigenvalue weighted by Gasteiger charge is -2.41. The zero-order valence-corrected chi connectivity index (χ0v) is 28.7. The van der Waals surface area contributed by atoms with Gasteiger partial charge in [-0.3, -0.25) is 19.2 Å². The second kappa shape index (κ2) is 15.7. The van der Waals surface area contributed by atoms with Gasteiger partial charge >= 0.3 is 5.97 Å². The van der Waals surface area contributed by atoms with Crippen molar-refractivity contribution < 1.29 is 33.8 Å². The Balaban J connectivity index is 1.70. The molecule has 3 saturated heterocycles. The number of hydrogen-bond donors (Lipinski definition) is 2. The van der Waals surface area contributed by atoms with Crippen molar-refractivity contribution in [3.8, 4) is 0 Å². The summed E-state index contributed by atoms with van der Waals surface area (Å²) in [7, 11) is 0. The number of allylic oxidation sites excluding steroid dienone is 1. The standard InChI is InChI=1S/C35H48BrN3O7/c1-6-10-17-27(41)45-21-26(23-15-12-11-13-16-23)37-32(42)28-29-33(43)39(24(9-4)20-40)31(35(29)19-25(36)30(28)46-35)34(44)38(18-8-3)22(5)14-7-2/h6,8,11-13,15-16,22,24-26,28-31,40H,1,3,7,9-10,14,17-21H2,2,4-5H3,(H,37,42)/t22?,24-,25?,26+,28-,29+,30-,31-,35+/m0/s1. The van der Waals surface area contributed by atoms with Gasteiger partial charge in [0.05, 0.1) is 36.6 Å². The highest BCUT2D eigenvalue weighted by atomic mass is 79.9. The number of carbonyl (C=O) groups is 4. The van der Waals surface area contributed by atoms with Crippen LogP contribution in [-0.2, 0) is 28.7 Å². The third-order valence-corrected chi connectivity index (χ3v) is 10.5. The number of aliphatic hydroxyl groups excluding tert-OH is 1. The van der Waals surface area contributed by atoms with E-state index in [9.17, 15) is 24.3 Å². The maximum atomic E-state index is 14.6. The molecule has 1 aromatic rings. The molecule has 9 atom stereocenters. The van der Waals surface area contributed by atoms with Gasteiger partial charge in [0.1, 0.15) is 18.2 Å². The van der Waals surface area contributed by atoms with E-state index >= 15 is 0 Å². The number of fused-ring (bicyclic) bond motifs is 1. The molecule has 4 rings (SSSR count). The Morgan fingerprint density at radius 1 is 1.24 bits per heavy atom. The van der Waals surface area contributed by atoms with E-state index in [0.717, 1.165) is 18.4 Å². The average Bonchev–Trinajstić information content (AvgIpc) is 3.65. The van der Waals surface area contributed by atoms with Crippen molar-refractivity contribution in [1.29, 1.82) is 0 Å². The molecule has 1 aromatic carbocycles. The van der Waals surface area contributed by atoms with Crippen molar-refractivity contribution >= 4 is 39.6 Å². The van der Waals surface area contributed by atoms with Crippen molar-refractivity contribution in [3.63, 3.8) is 0 Å². The number of amides is 3. The number of ether oxygens (including phenoxy) is 2. The van der Waals surface area contributed by atoms with Gasteiger partial charge in [-0.15, -0.1) is 13.2 Å². The second-order valence-electron chi connectivity index (χ2n) is 12.6. The Kier molecular flexibility index (Phi) is 12.2. The summed E-state index contributed by atoms with van der Waals surface area (Å²) >= 11 is 3.73. The minimum Gasteiger partial charge on any atom is -0.463 e. The predicted octanol–water partition coefficient (Wildman–Crippen LogP) is 4.08. The van der Waals surface area contributed by atoms with E-state index in [1.54, 1.807) is 17.1 Å². The molecule has 3 fully saturated rings. The topological polar surface area (TPSA) is 125 Å². The summed E-state index contributed by atoms with van der Waals surface area (Å²) in [6, 6.07) is 6.77. The van der Waals surface area contributed by atoms with E-state index in [1.165, 1.54) is 4.90 Å². The molecule has 3 amide bonds. The number of carbonyl (C=O) groups excluding carboxylic acids is 4. The van der Waals surface area contributed by atoms with Gasteiger partial charge in [-0.05, 0) is 38.2 Å². The van der Waals surface area contributed by atoms with Gasteiger partial charge in [0.25, 0.3) is 0 Å². The van der Waals surface area contributed by atoms with E-state index in [1.807, 2.05) is 44.2 Å². The van der Waals surface area contributed by atoms with E-state index in [4.69, 9.17) is 9.47 Å². The zero-order chi connectivity index (χ0) is 33.6. The highest BCUT2D eigenvalue weighted by Gasteiger charge is 2.77. The number of nitrogens with one attached hydrogen (secondary N) is 1. The van der Waals surface area contributed by atoms with Gasteiger partial charge < -0.3 is 29.7 Å². The number of likely N-dealkylation sites (tertiary alicyclic amines) is 1. The van der Waals surface area contributed by atoms with Crippen molar-refractivity contribution in [2.45, 2.75) is 100.0 Å². The first-order chi connectivity index (χ1) is 22.1. The largest absolute Gasteiger partial charge is 0.463 e. The van der Waals surface area contributed by atoms with Gasteiger partial charge in [-0.1, -0.05) is 78.7 Å². The normalized spacial score (nSPS) is 28.2. The molecule has 0 aromatic heterocycles. The van der Waals surface area contributed by atoms with Crippen LogP contribution in [0, 0.1) is 11.8 Å². The molecule has 3 heterocycles. The number of benzene rings is 1. The first-order valence-corrected chi connectivity index (χ1v) is 17.3. The fraction of sp³-hybridized carbons (Fsp3) is 0.600. The first-order valence-electron chi connectivity index (χ1n) is 16.4. The molecule has 2 unspecified atom stereocenters. The lowest BCUT2D eigenvalue weighted by atomic mass is 9.70. The minimum absolute atomic E-state index is 0.0903. The Bertz CT molecular complexity index is 1270. The van der Waals surface area contributed by atoms with Crippen LogP contribution in [0.5, 0.6) is 0 Å². The number of esters is 1. The minimum atomic E-state index is -1.26. The summed E-state index contributed by atoms with van der Waals surface area (Å²) in [5.41, 5.74) is -0.521. The Morgan fingerprint density at radius 3 is 2.57 bits per heavy atom. The van der Waals surface area contributed by atoms with Crippen molar-refractivity contribution in [1.82, 2.24) is 15.1 Å². The van der Waals surface area contributed by atoms with Crippen LogP contribution < -0.4 is 5.32 Å².